The fraction of sp³-hybridized carbons (Fsp3) is 0.500. The van der Waals surface area contributed by atoms with Gasteiger partial charge in [-0.15, -0.1) is 0 Å². The fourth-order valence-corrected chi connectivity index (χ4v) is 2.87. The van der Waals surface area contributed by atoms with Crippen molar-refractivity contribution in [2.24, 2.45) is 5.92 Å². The largest absolute Gasteiger partial charge is 0.239 e. The predicted molar refractivity (Wildman–Crippen MR) is 110 cm³/mol. The molecule has 1 heteroatoms. The van der Waals surface area contributed by atoms with Crippen molar-refractivity contribution in [2.75, 3.05) is 0 Å². The quantitative estimate of drug-likeness (QED) is 0.399. The van der Waals surface area contributed by atoms with Crippen molar-refractivity contribution in [3.8, 4) is 0 Å². The first kappa shape index (κ1) is 21.4. The smallest absolute Gasteiger partial charge is 0.130 e. The molecule has 1 aromatic carbocycles. The van der Waals surface area contributed by atoms with Crippen LogP contribution in [-0.4, -0.2) is 0 Å². The van der Waals surface area contributed by atoms with Gasteiger partial charge in [-0.1, -0.05) is 75.6 Å². The van der Waals surface area contributed by atoms with E-state index in [0.717, 1.165) is 28.7 Å². The van der Waals surface area contributed by atoms with E-state index in [0.29, 0.717) is 5.92 Å². The van der Waals surface area contributed by atoms with Crippen molar-refractivity contribution in [3.63, 3.8) is 0 Å². The minimum absolute atomic E-state index is 0.673. The third-order valence-electron chi connectivity index (χ3n) is 4.71. The summed E-state index contributed by atoms with van der Waals surface area (Å²) in [6.07, 6.45) is 9.18. The molecule has 0 N–H and O–H groups in total. The van der Waals surface area contributed by atoms with Crippen LogP contribution in [0.3, 0.4) is 0 Å². The van der Waals surface area contributed by atoms with Gasteiger partial charge < -0.3 is 0 Å². The van der Waals surface area contributed by atoms with Crippen LogP contribution in [0, 0.1) is 5.92 Å². The molecular formula is C24H35F. The van der Waals surface area contributed by atoms with Gasteiger partial charge in [0, 0.05) is 0 Å². The van der Waals surface area contributed by atoms with Crippen LogP contribution in [0.4, 0.5) is 4.39 Å². The summed E-state index contributed by atoms with van der Waals surface area (Å²) in [4.78, 5) is 0. The van der Waals surface area contributed by atoms with Crippen LogP contribution in [0.15, 0.2) is 54.1 Å². The highest BCUT2D eigenvalue weighted by atomic mass is 19.1. The Morgan fingerprint density at radius 2 is 1.92 bits per heavy atom. The van der Waals surface area contributed by atoms with Crippen molar-refractivity contribution >= 4 is 5.57 Å². The summed E-state index contributed by atoms with van der Waals surface area (Å²) in [5.41, 5.74) is 4.06. The van der Waals surface area contributed by atoms with E-state index >= 15 is 0 Å². The monoisotopic (exact) mass is 342 g/mol. The molecule has 1 aromatic rings. The highest BCUT2D eigenvalue weighted by Crippen LogP contribution is 2.28. The van der Waals surface area contributed by atoms with Crippen LogP contribution < -0.4 is 0 Å². The van der Waals surface area contributed by atoms with Crippen LogP contribution in [0.25, 0.3) is 5.57 Å². The molecule has 0 saturated heterocycles. The summed E-state index contributed by atoms with van der Waals surface area (Å²) in [5, 5.41) is 0. The SMILES string of the molecule is C=C(C)/C(=C\C=C(/C)c1cccc(C(C)(C)F)c1)C[C@@H](C)CCCC. The van der Waals surface area contributed by atoms with Gasteiger partial charge in [0.2, 0.25) is 0 Å². The summed E-state index contributed by atoms with van der Waals surface area (Å²) in [7, 11) is 0. The average molecular weight is 343 g/mol. The number of rotatable bonds is 9. The van der Waals surface area contributed by atoms with E-state index in [1.165, 1.54) is 24.8 Å². The Morgan fingerprint density at radius 3 is 2.48 bits per heavy atom. The van der Waals surface area contributed by atoms with Crippen LogP contribution in [0.1, 0.15) is 78.4 Å². The lowest BCUT2D eigenvalue weighted by atomic mass is 9.92. The zero-order valence-corrected chi connectivity index (χ0v) is 17.0. The first-order valence-electron chi connectivity index (χ1n) is 9.48. The molecule has 0 saturated carbocycles. The van der Waals surface area contributed by atoms with Crippen LogP contribution in [-0.2, 0) is 5.67 Å². The van der Waals surface area contributed by atoms with E-state index in [2.05, 4.69) is 46.4 Å². The molecule has 0 radical (unpaired) electrons. The molecular weight excluding hydrogens is 307 g/mol. The summed E-state index contributed by atoms with van der Waals surface area (Å²) < 4.78 is 14.2. The molecule has 25 heavy (non-hydrogen) atoms. The number of alkyl halides is 1. The molecule has 0 aliphatic rings. The second-order valence-corrected chi connectivity index (χ2v) is 7.83. The minimum Gasteiger partial charge on any atom is -0.239 e. The second-order valence-electron chi connectivity index (χ2n) is 7.83. The first-order chi connectivity index (χ1) is 11.6. The summed E-state index contributed by atoms with van der Waals surface area (Å²) in [5.74, 6) is 0.673. The Labute approximate surface area is 154 Å². The van der Waals surface area contributed by atoms with Gasteiger partial charge in [-0.05, 0) is 68.4 Å². The van der Waals surface area contributed by atoms with Gasteiger partial charge in [-0.2, -0.15) is 0 Å². The van der Waals surface area contributed by atoms with Crippen LogP contribution in [0.5, 0.6) is 0 Å². The number of hydrogen-bond donors (Lipinski definition) is 0. The van der Waals surface area contributed by atoms with E-state index in [1.807, 2.05) is 24.3 Å². The molecule has 0 amide bonds. The maximum absolute atomic E-state index is 14.2. The average Bonchev–Trinajstić information content (AvgIpc) is 2.55. The van der Waals surface area contributed by atoms with E-state index in [-0.39, 0.29) is 0 Å². The van der Waals surface area contributed by atoms with E-state index in [1.54, 1.807) is 13.8 Å². The van der Waals surface area contributed by atoms with E-state index < -0.39 is 5.67 Å². The highest BCUT2D eigenvalue weighted by Gasteiger charge is 2.18. The Hall–Kier alpha value is -1.63. The lowest BCUT2D eigenvalue weighted by Crippen LogP contribution is -2.08. The highest BCUT2D eigenvalue weighted by molar-refractivity contribution is 5.66. The Balaban J connectivity index is 2.98. The molecule has 0 bridgehead atoms. The van der Waals surface area contributed by atoms with Crippen LogP contribution >= 0.6 is 0 Å². The first-order valence-corrected chi connectivity index (χ1v) is 9.48. The van der Waals surface area contributed by atoms with Crippen molar-refractivity contribution in [1.29, 1.82) is 0 Å². The number of unbranched alkanes of at least 4 members (excludes halogenated alkanes) is 1. The zero-order valence-electron chi connectivity index (χ0n) is 17.0. The lowest BCUT2D eigenvalue weighted by molar-refractivity contribution is 0.221. The second kappa shape index (κ2) is 9.75. The summed E-state index contributed by atoms with van der Waals surface area (Å²) in [6, 6.07) is 7.77. The molecule has 1 atom stereocenters. The summed E-state index contributed by atoms with van der Waals surface area (Å²) in [6.45, 7) is 16.0. The normalized spacial score (nSPS) is 14.5. The summed E-state index contributed by atoms with van der Waals surface area (Å²) >= 11 is 0. The van der Waals surface area contributed by atoms with Gasteiger partial charge in [-0.25, -0.2) is 4.39 Å². The van der Waals surface area contributed by atoms with Crippen molar-refractivity contribution in [2.45, 2.75) is 72.9 Å². The maximum atomic E-state index is 14.2. The molecule has 1 rings (SSSR count). The molecule has 138 valence electrons. The molecule has 0 heterocycles. The fourth-order valence-electron chi connectivity index (χ4n) is 2.87. The van der Waals surface area contributed by atoms with Crippen molar-refractivity contribution < 1.29 is 4.39 Å². The van der Waals surface area contributed by atoms with Crippen molar-refractivity contribution in [1.82, 2.24) is 0 Å². The number of halogens is 1. The maximum Gasteiger partial charge on any atom is 0.130 e. The number of allylic oxidation sites excluding steroid dienone is 5. The van der Waals surface area contributed by atoms with Gasteiger partial charge in [0.05, 0.1) is 0 Å². The molecule has 0 fully saturated rings. The topological polar surface area (TPSA) is 0 Å². The number of benzene rings is 1. The van der Waals surface area contributed by atoms with Gasteiger partial charge >= 0.3 is 0 Å². The van der Waals surface area contributed by atoms with E-state index in [9.17, 15) is 4.39 Å². The molecule has 0 nitrogen and oxygen atoms in total. The predicted octanol–water partition coefficient (Wildman–Crippen LogP) is 8.01. The molecule has 0 aliphatic heterocycles. The van der Waals surface area contributed by atoms with E-state index in [4.69, 9.17) is 0 Å². The molecule has 0 unspecified atom stereocenters. The Morgan fingerprint density at radius 1 is 1.24 bits per heavy atom. The van der Waals surface area contributed by atoms with Crippen LogP contribution in [0.2, 0.25) is 0 Å². The van der Waals surface area contributed by atoms with Crippen molar-refractivity contribution in [3.05, 3.63) is 65.3 Å². The molecule has 0 aliphatic carbocycles. The Bertz CT molecular complexity index is 626. The molecule has 0 spiro atoms. The molecule has 0 aromatic heterocycles. The minimum atomic E-state index is -1.32. The Kier molecular flexibility index (Phi) is 8.35. The number of hydrogen-bond acceptors (Lipinski definition) is 0. The van der Waals surface area contributed by atoms with Gasteiger partial charge in [0.15, 0.2) is 0 Å². The lowest BCUT2D eigenvalue weighted by Gasteiger charge is -2.16. The third-order valence-corrected chi connectivity index (χ3v) is 4.71. The van der Waals surface area contributed by atoms with Gasteiger partial charge in [-0.3, -0.25) is 0 Å². The zero-order chi connectivity index (χ0) is 19.0. The third kappa shape index (κ3) is 7.42. The van der Waals surface area contributed by atoms with Gasteiger partial charge in [0.1, 0.15) is 5.67 Å². The van der Waals surface area contributed by atoms with Gasteiger partial charge in [0.25, 0.3) is 0 Å². The standard InChI is InChI=1S/C24H35F/c1-8-9-11-19(4)16-21(18(2)3)15-14-20(5)22-12-10-13-23(17-22)24(6,7)25/h10,12-15,17,19H,2,8-9,11,16H2,1,3-7H3/b20-14+,21-15-/t19-/m0/s1.